The molecule has 0 aliphatic carbocycles. The number of ketones is 1. The Labute approximate surface area is 319 Å². The Bertz CT molecular complexity index is 2160. The number of unbranched alkanes of at least 4 members (excludes halogenated alkanes) is 4. The molecule has 13 nitrogen and oxygen atoms in total. The maximum absolute atomic E-state index is 15.1. The Balaban J connectivity index is 0.905. The fraction of sp³-hybridized carbons (Fsp3) is 0.463. The van der Waals surface area contributed by atoms with Crippen LogP contribution < -0.4 is 15.8 Å². The van der Waals surface area contributed by atoms with E-state index in [2.05, 4.69) is 30.3 Å². The van der Waals surface area contributed by atoms with E-state index in [1.165, 1.54) is 38.3 Å². The molecule has 2 aliphatic heterocycles. The average Bonchev–Trinajstić information content (AvgIpc) is 3.62. The number of aromatic amines is 2. The number of carbonyl (C=O) groups is 2. The summed E-state index contributed by atoms with van der Waals surface area (Å²) in [4.78, 5) is 57.3. The Kier molecular flexibility index (Phi) is 12.6. The molecule has 5 aromatic rings. The number of hydrogen-bond acceptors (Lipinski definition) is 11. The van der Waals surface area contributed by atoms with Crippen molar-refractivity contribution in [3.8, 4) is 0 Å². The molecule has 290 valence electrons. The molecule has 0 saturated carbocycles. The van der Waals surface area contributed by atoms with Gasteiger partial charge in [-0.05, 0) is 61.3 Å². The van der Waals surface area contributed by atoms with E-state index < -0.39 is 11.9 Å². The minimum atomic E-state index is -0.536. The normalized spacial score (nSPS) is 16.9. The number of nitrogens with one attached hydrogen (secondary N) is 3. The van der Waals surface area contributed by atoms with Crippen molar-refractivity contribution >= 4 is 39.5 Å². The number of hydrogen-bond donors (Lipinski definition) is 3. The monoisotopic (exact) mass is 751 g/mol. The van der Waals surface area contributed by atoms with Gasteiger partial charge >= 0.3 is 5.97 Å². The largest absolute Gasteiger partial charge is 0.465 e. The number of H-pyrrole nitrogens is 2. The zero-order valence-corrected chi connectivity index (χ0v) is 31.5. The number of nitrogens with zero attached hydrogens (tertiary/aromatic N) is 6. The van der Waals surface area contributed by atoms with E-state index in [0.29, 0.717) is 65.3 Å². The van der Waals surface area contributed by atoms with Crippen LogP contribution in [0.5, 0.6) is 0 Å². The third-order valence-corrected chi connectivity index (χ3v) is 10.7. The maximum Gasteiger partial charge on any atom is 0.302 e. The summed E-state index contributed by atoms with van der Waals surface area (Å²) in [5, 5.41) is 11.2. The molecular formula is C41H50FN9O4. The number of piperazine rings is 2. The number of aryl methyl sites for hydroxylation is 1. The smallest absolute Gasteiger partial charge is 0.302 e. The standard InChI is InChI=1S/C41H50FN9O4/c1-28(52)55-24-23-50-21-19-49(20-22-50)17-8-4-2-3-5-11-37-44-34-14-15-38(46-40(34)45-37)51-18-16-43-27-36(51)39(53)29-12-13-33(42)30(25-29)26-35-31-9-6-7-10-32(31)41(54)48-47-35/h6-7,9-10,12-15,25,36,43H,2-5,8,11,16-24,26-27H2,1H3,(H,48,54)(H,44,45,46). The van der Waals surface area contributed by atoms with Gasteiger partial charge in [0.1, 0.15) is 30.1 Å². The van der Waals surface area contributed by atoms with Crippen molar-refractivity contribution in [3.05, 3.63) is 93.4 Å². The number of carbonyl (C=O) groups excluding carboxylic acids is 2. The molecule has 2 fully saturated rings. The Hall–Kier alpha value is -5.05. The second kappa shape index (κ2) is 18.1. The molecule has 1 atom stereocenters. The summed E-state index contributed by atoms with van der Waals surface area (Å²) < 4.78 is 20.2. The van der Waals surface area contributed by atoms with Crippen molar-refractivity contribution in [1.29, 1.82) is 0 Å². The van der Waals surface area contributed by atoms with Gasteiger partial charge in [-0.1, -0.05) is 37.5 Å². The fourth-order valence-electron chi connectivity index (χ4n) is 7.68. The first-order chi connectivity index (χ1) is 26.8. The van der Waals surface area contributed by atoms with Gasteiger partial charge in [0, 0.05) is 83.1 Å². The van der Waals surface area contributed by atoms with Gasteiger partial charge in [0.2, 0.25) is 0 Å². The van der Waals surface area contributed by atoms with Gasteiger partial charge in [0.25, 0.3) is 5.56 Å². The molecule has 0 amide bonds. The molecule has 0 spiro atoms. The first-order valence-electron chi connectivity index (χ1n) is 19.5. The number of aromatic nitrogens is 5. The molecule has 3 aromatic heterocycles. The molecule has 14 heteroatoms. The van der Waals surface area contributed by atoms with Crippen LogP contribution in [-0.4, -0.2) is 118 Å². The average molecular weight is 752 g/mol. The highest BCUT2D eigenvalue weighted by Crippen LogP contribution is 2.25. The van der Waals surface area contributed by atoms with Crippen LogP contribution in [0.2, 0.25) is 0 Å². The molecule has 2 saturated heterocycles. The van der Waals surface area contributed by atoms with Crippen LogP contribution in [0.4, 0.5) is 10.2 Å². The summed E-state index contributed by atoms with van der Waals surface area (Å²) in [5.41, 5.74) is 2.46. The van der Waals surface area contributed by atoms with Crippen molar-refractivity contribution in [2.45, 2.75) is 57.9 Å². The van der Waals surface area contributed by atoms with Gasteiger partial charge in [0.05, 0.1) is 16.6 Å². The highest BCUT2D eigenvalue weighted by molar-refractivity contribution is 6.02. The number of Topliss-reactive ketones (excluding diaryl/α,β-unsaturated/α-hetero) is 1. The lowest BCUT2D eigenvalue weighted by Crippen LogP contribution is -2.55. The van der Waals surface area contributed by atoms with E-state index >= 15 is 4.39 Å². The van der Waals surface area contributed by atoms with E-state index in [1.807, 2.05) is 23.1 Å². The SMILES string of the molecule is CC(=O)OCCN1CCN(CCCCCCCc2nc3nc(N4CCNCC4C(=O)c4ccc(F)c(Cc5n[nH]c(=O)c6ccccc56)c4)ccc3[nH]2)CC1. The zero-order chi connectivity index (χ0) is 38.1. The number of esters is 1. The fourth-order valence-corrected chi connectivity index (χ4v) is 7.68. The highest BCUT2D eigenvalue weighted by atomic mass is 19.1. The molecule has 55 heavy (non-hydrogen) atoms. The molecule has 2 aromatic carbocycles. The minimum absolute atomic E-state index is 0.122. The third kappa shape index (κ3) is 9.61. The van der Waals surface area contributed by atoms with Crippen LogP contribution in [0.1, 0.15) is 66.5 Å². The van der Waals surface area contributed by atoms with Gasteiger partial charge in [-0.2, -0.15) is 5.10 Å². The van der Waals surface area contributed by atoms with Crippen LogP contribution in [0.15, 0.2) is 59.4 Å². The molecule has 0 bridgehead atoms. The number of pyridine rings is 1. The predicted molar refractivity (Wildman–Crippen MR) is 210 cm³/mol. The summed E-state index contributed by atoms with van der Waals surface area (Å²) >= 11 is 0. The van der Waals surface area contributed by atoms with Crippen LogP contribution in [0.3, 0.4) is 0 Å². The number of rotatable bonds is 16. The first kappa shape index (κ1) is 38.2. The van der Waals surface area contributed by atoms with Crippen LogP contribution >= 0.6 is 0 Å². The molecule has 1 unspecified atom stereocenters. The molecular weight excluding hydrogens is 702 g/mol. The van der Waals surface area contributed by atoms with Crippen LogP contribution in [0.25, 0.3) is 21.9 Å². The zero-order valence-electron chi connectivity index (χ0n) is 31.5. The Morgan fingerprint density at radius 1 is 0.891 bits per heavy atom. The molecule has 5 heterocycles. The number of ether oxygens (including phenoxy) is 1. The first-order valence-corrected chi connectivity index (χ1v) is 19.5. The van der Waals surface area contributed by atoms with Crippen molar-refractivity contribution < 1.29 is 18.7 Å². The minimum Gasteiger partial charge on any atom is -0.465 e. The Morgan fingerprint density at radius 2 is 1.65 bits per heavy atom. The van der Waals surface area contributed by atoms with Gasteiger partial charge in [-0.3, -0.25) is 19.3 Å². The Morgan fingerprint density at radius 3 is 2.47 bits per heavy atom. The van der Waals surface area contributed by atoms with E-state index in [4.69, 9.17) is 14.7 Å². The van der Waals surface area contributed by atoms with Gasteiger partial charge in [-0.25, -0.2) is 19.5 Å². The lowest BCUT2D eigenvalue weighted by Gasteiger charge is -2.36. The van der Waals surface area contributed by atoms with Gasteiger partial charge in [0.15, 0.2) is 11.4 Å². The number of imidazole rings is 1. The number of anilines is 1. The van der Waals surface area contributed by atoms with Crippen molar-refractivity contribution in [2.75, 3.05) is 70.4 Å². The summed E-state index contributed by atoms with van der Waals surface area (Å²) in [6.45, 7) is 9.77. The molecule has 3 N–H and O–H groups in total. The van der Waals surface area contributed by atoms with E-state index in [9.17, 15) is 14.4 Å². The van der Waals surface area contributed by atoms with E-state index in [0.717, 1.165) is 69.9 Å². The molecule has 0 radical (unpaired) electrons. The van der Waals surface area contributed by atoms with Crippen molar-refractivity contribution in [1.82, 2.24) is 40.3 Å². The summed E-state index contributed by atoms with van der Waals surface area (Å²) in [6, 6.07) is 14.9. The second-order valence-corrected chi connectivity index (χ2v) is 14.6. The molecule has 7 rings (SSSR count). The molecule has 2 aliphatic rings. The summed E-state index contributed by atoms with van der Waals surface area (Å²) in [7, 11) is 0. The van der Waals surface area contributed by atoms with Crippen molar-refractivity contribution in [2.24, 2.45) is 0 Å². The quantitative estimate of drug-likeness (QED) is 0.0754. The van der Waals surface area contributed by atoms with Gasteiger partial charge in [-0.15, -0.1) is 0 Å². The number of halogens is 1. The van der Waals surface area contributed by atoms with Crippen LogP contribution in [-0.2, 0) is 22.4 Å². The predicted octanol–water partition coefficient (Wildman–Crippen LogP) is 4.26. The summed E-state index contributed by atoms with van der Waals surface area (Å²) in [6.07, 6.45) is 6.78. The number of benzene rings is 2. The lowest BCUT2D eigenvalue weighted by atomic mass is 9.96. The highest BCUT2D eigenvalue weighted by Gasteiger charge is 2.31. The third-order valence-electron chi connectivity index (χ3n) is 10.7. The topological polar surface area (TPSA) is 152 Å². The van der Waals surface area contributed by atoms with E-state index in [1.54, 1.807) is 24.3 Å². The van der Waals surface area contributed by atoms with Crippen LogP contribution in [0, 0.1) is 5.82 Å². The number of fused-ring (bicyclic) bond motifs is 2. The summed E-state index contributed by atoms with van der Waals surface area (Å²) in [5.74, 6) is 0.815. The van der Waals surface area contributed by atoms with Gasteiger partial charge < -0.3 is 24.8 Å². The lowest BCUT2D eigenvalue weighted by molar-refractivity contribution is -0.141. The maximum atomic E-state index is 15.1. The van der Waals surface area contributed by atoms with Crippen molar-refractivity contribution in [3.63, 3.8) is 0 Å². The second-order valence-electron chi connectivity index (χ2n) is 14.6. The van der Waals surface area contributed by atoms with E-state index in [-0.39, 0.29) is 23.7 Å².